The Morgan fingerprint density at radius 3 is 1.77 bits per heavy atom. The zero-order valence-corrected chi connectivity index (χ0v) is 20.7. The molecule has 0 spiro atoms. The van der Waals surface area contributed by atoms with Crippen LogP contribution >= 0.6 is 0 Å². The molecule has 1 aromatic carbocycles. The van der Waals surface area contributed by atoms with Gasteiger partial charge in [-0.15, -0.1) is 0 Å². The zero-order valence-electron chi connectivity index (χ0n) is 20.7. The fourth-order valence-electron chi connectivity index (χ4n) is 4.58. The van der Waals surface area contributed by atoms with Crippen molar-refractivity contribution in [1.29, 1.82) is 0 Å². The lowest BCUT2D eigenvalue weighted by Gasteiger charge is -2.41. The van der Waals surface area contributed by atoms with Gasteiger partial charge in [-0.3, -0.25) is 14.8 Å². The van der Waals surface area contributed by atoms with Crippen LogP contribution in [0.4, 0.5) is 0 Å². The van der Waals surface area contributed by atoms with Crippen molar-refractivity contribution in [1.82, 2.24) is 14.8 Å². The summed E-state index contributed by atoms with van der Waals surface area (Å²) < 4.78 is 0. The average Bonchev–Trinajstić information content (AvgIpc) is 2.68. The van der Waals surface area contributed by atoms with E-state index >= 15 is 0 Å². The van der Waals surface area contributed by atoms with Gasteiger partial charge in [-0.1, -0.05) is 47.6 Å². The monoisotopic (exact) mass is 423 g/mol. The summed E-state index contributed by atoms with van der Waals surface area (Å²) in [5.41, 5.74) is 4.03. The van der Waals surface area contributed by atoms with Gasteiger partial charge in [0.15, 0.2) is 0 Å². The van der Waals surface area contributed by atoms with Crippen molar-refractivity contribution < 1.29 is 5.11 Å². The first-order chi connectivity index (χ1) is 14.4. The number of hydrogen-bond donors (Lipinski definition) is 1. The number of rotatable bonds is 4. The van der Waals surface area contributed by atoms with Crippen molar-refractivity contribution >= 4 is 0 Å². The second-order valence-electron chi connectivity index (χ2n) is 11.3. The summed E-state index contributed by atoms with van der Waals surface area (Å²) in [4.78, 5) is 9.88. The highest BCUT2D eigenvalue weighted by Gasteiger charge is 2.32. The van der Waals surface area contributed by atoms with Crippen LogP contribution in [0.3, 0.4) is 0 Å². The summed E-state index contributed by atoms with van der Waals surface area (Å²) in [6.07, 6.45) is 1.89. The molecule has 1 N–H and O–H groups in total. The molecule has 170 valence electrons. The number of pyridine rings is 1. The molecule has 4 nitrogen and oxygen atoms in total. The Morgan fingerprint density at radius 2 is 1.35 bits per heavy atom. The highest BCUT2D eigenvalue weighted by Crippen LogP contribution is 2.42. The highest BCUT2D eigenvalue weighted by molar-refractivity contribution is 5.51. The van der Waals surface area contributed by atoms with Crippen LogP contribution in [-0.4, -0.2) is 52.1 Å². The van der Waals surface area contributed by atoms with Crippen molar-refractivity contribution in [3.8, 4) is 5.75 Å². The van der Waals surface area contributed by atoms with E-state index in [1.165, 1.54) is 5.56 Å². The fraction of sp³-hybridized carbons (Fsp3) is 0.593. The summed E-state index contributed by atoms with van der Waals surface area (Å²) in [5, 5.41) is 11.2. The van der Waals surface area contributed by atoms with Crippen LogP contribution in [0.1, 0.15) is 83.8 Å². The maximum absolute atomic E-state index is 11.2. The topological polar surface area (TPSA) is 39.6 Å². The van der Waals surface area contributed by atoms with Gasteiger partial charge in [0.2, 0.25) is 0 Å². The third-order valence-corrected chi connectivity index (χ3v) is 6.48. The molecule has 1 fully saturated rings. The summed E-state index contributed by atoms with van der Waals surface area (Å²) in [6, 6.07) is 11.3. The van der Waals surface area contributed by atoms with E-state index in [0.29, 0.717) is 11.8 Å². The summed E-state index contributed by atoms with van der Waals surface area (Å²) in [7, 11) is 0. The lowest BCUT2D eigenvalue weighted by atomic mass is 9.77. The van der Waals surface area contributed by atoms with E-state index in [0.717, 1.165) is 43.0 Å². The van der Waals surface area contributed by atoms with Crippen molar-refractivity contribution in [2.45, 2.75) is 78.3 Å². The summed E-state index contributed by atoms with van der Waals surface area (Å²) >= 11 is 0. The van der Waals surface area contributed by atoms with Gasteiger partial charge in [0.1, 0.15) is 5.75 Å². The van der Waals surface area contributed by atoms with Gasteiger partial charge in [0, 0.05) is 38.4 Å². The molecule has 2 aromatic rings. The number of hydrogen-bond acceptors (Lipinski definition) is 4. The number of phenols is 1. The second kappa shape index (κ2) is 8.91. The average molecular weight is 424 g/mol. The number of aromatic hydroxyl groups is 1. The molecule has 4 heteroatoms. The summed E-state index contributed by atoms with van der Waals surface area (Å²) in [6.45, 7) is 21.8. The molecule has 0 bridgehead atoms. The van der Waals surface area contributed by atoms with E-state index in [9.17, 15) is 5.11 Å². The first kappa shape index (κ1) is 23.7. The number of phenolic OH excluding ortho intramolecular Hbond substituents is 1. The van der Waals surface area contributed by atoms with Gasteiger partial charge in [-0.2, -0.15) is 0 Å². The number of piperazine rings is 1. The molecular weight excluding hydrogens is 382 g/mol. The molecule has 0 amide bonds. The Kier molecular flexibility index (Phi) is 6.83. The Hall–Kier alpha value is -1.91. The smallest absolute Gasteiger partial charge is 0.123 e. The molecule has 1 unspecified atom stereocenters. The molecule has 1 aliphatic heterocycles. The molecule has 0 saturated carbocycles. The first-order valence-corrected chi connectivity index (χ1v) is 11.7. The predicted molar refractivity (Wildman–Crippen MR) is 130 cm³/mol. The molecule has 1 saturated heterocycles. The quantitative estimate of drug-likeness (QED) is 0.705. The molecular formula is C27H41N3O. The maximum Gasteiger partial charge on any atom is 0.123 e. The Balaban J connectivity index is 2.13. The molecule has 1 atom stereocenters. The zero-order chi connectivity index (χ0) is 23.0. The largest absolute Gasteiger partial charge is 0.507 e. The Labute approximate surface area is 189 Å². The van der Waals surface area contributed by atoms with E-state index in [2.05, 4.69) is 89.5 Å². The molecule has 1 aromatic heterocycles. The number of benzene rings is 1. The van der Waals surface area contributed by atoms with Crippen LogP contribution < -0.4 is 0 Å². The standard InChI is InChI=1S/C27H41N3O/c1-19(2)29-13-15-30(16-14-29)24(23-11-9-10-12-28-23)20-17-21(26(3,4)5)25(31)22(18-20)27(6,7)8/h9-12,17-19,24,31H,13-16H2,1-8H3. The molecule has 1 aliphatic rings. The van der Waals surface area contributed by atoms with Gasteiger partial charge in [-0.25, -0.2) is 0 Å². The SMILES string of the molecule is CC(C)N1CCN(C(c2cc(C(C)(C)C)c(O)c(C(C)(C)C)c2)c2ccccn2)CC1. The fourth-order valence-corrected chi connectivity index (χ4v) is 4.58. The van der Waals surface area contributed by atoms with Crippen molar-refractivity contribution in [2.24, 2.45) is 0 Å². The van der Waals surface area contributed by atoms with E-state index in [1.807, 2.05) is 12.3 Å². The van der Waals surface area contributed by atoms with Crippen LogP contribution in [0, 0.1) is 0 Å². The van der Waals surface area contributed by atoms with Crippen LogP contribution in [0.5, 0.6) is 5.75 Å². The molecule has 3 rings (SSSR count). The van der Waals surface area contributed by atoms with Gasteiger partial charge in [0.25, 0.3) is 0 Å². The minimum Gasteiger partial charge on any atom is -0.507 e. The number of nitrogens with zero attached hydrogens (tertiary/aromatic N) is 3. The van der Waals surface area contributed by atoms with E-state index in [4.69, 9.17) is 4.98 Å². The van der Waals surface area contributed by atoms with E-state index < -0.39 is 0 Å². The molecule has 31 heavy (non-hydrogen) atoms. The first-order valence-electron chi connectivity index (χ1n) is 11.7. The van der Waals surface area contributed by atoms with Crippen LogP contribution in [0.15, 0.2) is 36.5 Å². The third kappa shape index (κ3) is 5.30. The predicted octanol–water partition coefficient (Wildman–Crippen LogP) is 5.50. The van der Waals surface area contributed by atoms with Crippen LogP contribution in [-0.2, 0) is 10.8 Å². The molecule has 0 radical (unpaired) electrons. The van der Waals surface area contributed by atoms with Crippen LogP contribution in [0.2, 0.25) is 0 Å². The van der Waals surface area contributed by atoms with E-state index in [-0.39, 0.29) is 16.9 Å². The molecule has 0 aliphatic carbocycles. The van der Waals surface area contributed by atoms with Crippen molar-refractivity contribution in [3.05, 3.63) is 58.9 Å². The minimum atomic E-state index is -0.148. The maximum atomic E-state index is 11.2. The number of aromatic nitrogens is 1. The van der Waals surface area contributed by atoms with Gasteiger partial charge in [-0.05, 0) is 65.6 Å². The van der Waals surface area contributed by atoms with Crippen molar-refractivity contribution in [3.63, 3.8) is 0 Å². The Bertz CT molecular complexity index is 835. The van der Waals surface area contributed by atoms with E-state index in [1.54, 1.807) is 0 Å². The minimum absolute atomic E-state index is 0.0818. The van der Waals surface area contributed by atoms with Crippen LogP contribution in [0.25, 0.3) is 0 Å². The van der Waals surface area contributed by atoms with Crippen molar-refractivity contribution in [2.75, 3.05) is 26.2 Å². The lowest BCUT2D eigenvalue weighted by molar-refractivity contribution is 0.0880. The normalized spacial score (nSPS) is 17.8. The van der Waals surface area contributed by atoms with Gasteiger partial charge < -0.3 is 5.11 Å². The Morgan fingerprint density at radius 1 is 0.839 bits per heavy atom. The third-order valence-electron chi connectivity index (χ3n) is 6.48. The van der Waals surface area contributed by atoms with Gasteiger partial charge >= 0.3 is 0 Å². The van der Waals surface area contributed by atoms with Gasteiger partial charge in [0.05, 0.1) is 11.7 Å². The molecule has 2 heterocycles. The summed E-state index contributed by atoms with van der Waals surface area (Å²) in [5.74, 6) is 0.438. The highest BCUT2D eigenvalue weighted by atomic mass is 16.3. The second-order valence-corrected chi connectivity index (χ2v) is 11.3. The lowest BCUT2D eigenvalue weighted by Crippen LogP contribution is -2.50.